The van der Waals surface area contributed by atoms with Crippen molar-refractivity contribution in [2.75, 3.05) is 25.2 Å². The van der Waals surface area contributed by atoms with Crippen molar-refractivity contribution in [2.24, 2.45) is 0 Å². The van der Waals surface area contributed by atoms with Gasteiger partial charge in [-0.15, -0.1) is 0 Å². The van der Waals surface area contributed by atoms with Gasteiger partial charge in [0, 0.05) is 11.9 Å². The van der Waals surface area contributed by atoms with E-state index in [9.17, 15) is 0 Å². The van der Waals surface area contributed by atoms with Crippen molar-refractivity contribution < 1.29 is 9.47 Å². The Kier molecular flexibility index (Phi) is 11.2. The Morgan fingerprint density at radius 1 is 0.895 bits per heavy atom. The second-order valence-electron chi connectivity index (χ2n) is 4.41. The molecule has 1 rings (SSSR count). The van der Waals surface area contributed by atoms with Crippen LogP contribution >= 0.6 is 15.9 Å². The van der Waals surface area contributed by atoms with Gasteiger partial charge in [0.1, 0.15) is 7.28 Å². The van der Waals surface area contributed by atoms with Crippen molar-refractivity contribution in [2.45, 2.75) is 32.1 Å². The Morgan fingerprint density at radius 2 is 1.68 bits per heavy atom. The largest absolute Gasteiger partial charge is 0.380 e. The van der Waals surface area contributed by atoms with Gasteiger partial charge in [-0.2, -0.15) is 0 Å². The SMILES string of the molecule is BrCCCC[B]CCOCCOCc1ccccc1. The molecule has 1 radical (unpaired) electrons. The molecule has 0 N–H and O–H groups in total. The average Bonchev–Trinajstić information content (AvgIpc) is 2.46. The topological polar surface area (TPSA) is 18.5 Å². The van der Waals surface area contributed by atoms with E-state index in [1.165, 1.54) is 24.7 Å². The van der Waals surface area contributed by atoms with Crippen LogP contribution in [-0.2, 0) is 16.1 Å². The van der Waals surface area contributed by atoms with Crippen molar-refractivity contribution in [3.8, 4) is 0 Å². The first kappa shape index (κ1) is 16.7. The van der Waals surface area contributed by atoms with Crippen LogP contribution < -0.4 is 0 Å². The van der Waals surface area contributed by atoms with Crippen LogP contribution in [0.25, 0.3) is 0 Å². The molecule has 0 aliphatic heterocycles. The molecule has 2 nitrogen and oxygen atoms in total. The zero-order chi connectivity index (χ0) is 13.6. The number of ether oxygens (including phenoxy) is 2. The molecule has 105 valence electrons. The van der Waals surface area contributed by atoms with Gasteiger partial charge in [0.25, 0.3) is 0 Å². The molecule has 4 heteroatoms. The Bertz CT molecular complexity index is 295. The molecular formula is C15H23BBrO2. The Labute approximate surface area is 126 Å². The maximum absolute atomic E-state index is 5.54. The average molecular weight is 326 g/mol. The van der Waals surface area contributed by atoms with Gasteiger partial charge in [0.15, 0.2) is 0 Å². The quantitative estimate of drug-likeness (QED) is 0.329. The minimum atomic E-state index is 0.665. The van der Waals surface area contributed by atoms with E-state index < -0.39 is 0 Å². The first-order chi connectivity index (χ1) is 9.43. The van der Waals surface area contributed by atoms with Gasteiger partial charge in [-0.3, -0.25) is 0 Å². The van der Waals surface area contributed by atoms with Crippen molar-refractivity contribution in [3.63, 3.8) is 0 Å². The predicted octanol–water partition coefficient (Wildman–Crippen LogP) is 3.94. The van der Waals surface area contributed by atoms with Gasteiger partial charge in [0.2, 0.25) is 0 Å². The third-order valence-corrected chi connectivity index (χ3v) is 3.30. The van der Waals surface area contributed by atoms with Gasteiger partial charge in [-0.25, -0.2) is 0 Å². The number of hydrogen-bond acceptors (Lipinski definition) is 2. The molecular weight excluding hydrogens is 303 g/mol. The monoisotopic (exact) mass is 325 g/mol. The number of rotatable bonds is 12. The van der Waals surface area contributed by atoms with Crippen LogP contribution in [0.2, 0.25) is 12.6 Å². The fourth-order valence-electron chi connectivity index (χ4n) is 1.68. The lowest BCUT2D eigenvalue weighted by molar-refractivity contribution is 0.0453. The first-order valence-corrected chi connectivity index (χ1v) is 8.12. The Hall–Kier alpha value is -0.315. The Morgan fingerprint density at radius 3 is 2.47 bits per heavy atom. The van der Waals surface area contributed by atoms with Crippen LogP contribution in [0.3, 0.4) is 0 Å². The predicted molar refractivity (Wildman–Crippen MR) is 85.3 cm³/mol. The lowest BCUT2D eigenvalue weighted by Gasteiger charge is -2.05. The zero-order valence-corrected chi connectivity index (χ0v) is 13.1. The summed E-state index contributed by atoms with van der Waals surface area (Å²) in [4.78, 5) is 0. The lowest BCUT2D eigenvalue weighted by Crippen LogP contribution is -2.06. The number of hydrogen-bond donors (Lipinski definition) is 0. The molecule has 0 spiro atoms. The summed E-state index contributed by atoms with van der Waals surface area (Å²) in [6, 6.07) is 10.2. The third-order valence-electron chi connectivity index (χ3n) is 2.74. The van der Waals surface area contributed by atoms with Crippen LogP contribution in [0.4, 0.5) is 0 Å². The molecule has 19 heavy (non-hydrogen) atoms. The second-order valence-corrected chi connectivity index (χ2v) is 5.21. The summed E-state index contributed by atoms with van der Waals surface area (Å²) in [5, 5.41) is 1.11. The molecule has 0 bridgehead atoms. The third kappa shape index (κ3) is 10.2. The first-order valence-electron chi connectivity index (χ1n) is 7.00. The molecule has 0 heterocycles. The molecule has 0 atom stereocenters. The van der Waals surface area contributed by atoms with Crippen LogP contribution in [0.1, 0.15) is 18.4 Å². The zero-order valence-electron chi connectivity index (χ0n) is 11.5. The van der Waals surface area contributed by atoms with E-state index in [2.05, 4.69) is 35.3 Å². The van der Waals surface area contributed by atoms with Crippen molar-refractivity contribution in [1.82, 2.24) is 0 Å². The van der Waals surface area contributed by atoms with E-state index in [1.54, 1.807) is 0 Å². The van der Waals surface area contributed by atoms with Crippen molar-refractivity contribution in [1.29, 1.82) is 0 Å². The van der Waals surface area contributed by atoms with Gasteiger partial charge in [-0.1, -0.05) is 65.3 Å². The highest BCUT2D eigenvalue weighted by Gasteiger charge is 1.94. The second kappa shape index (κ2) is 12.7. The molecule has 1 aromatic rings. The normalized spacial score (nSPS) is 10.6. The van der Waals surface area contributed by atoms with Crippen LogP contribution in [0, 0.1) is 0 Å². The van der Waals surface area contributed by atoms with E-state index in [-0.39, 0.29) is 0 Å². The molecule has 0 aliphatic rings. The molecule has 0 fully saturated rings. The summed E-state index contributed by atoms with van der Waals surface area (Å²) in [5.74, 6) is 0. The number of alkyl halides is 1. The number of unbranched alkanes of at least 4 members (excludes halogenated alkanes) is 1. The standard InChI is InChI=1S/C15H23BBrO2/c17-10-5-4-8-16-9-11-18-12-13-19-14-15-6-2-1-3-7-15/h1-3,6-7H,4-5,8-14H2. The summed E-state index contributed by atoms with van der Waals surface area (Å²) >= 11 is 3.43. The van der Waals surface area contributed by atoms with E-state index in [4.69, 9.17) is 9.47 Å². The summed E-state index contributed by atoms with van der Waals surface area (Å²) in [5.41, 5.74) is 1.21. The number of halogens is 1. The van der Waals surface area contributed by atoms with Crippen molar-refractivity contribution >= 4 is 23.2 Å². The van der Waals surface area contributed by atoms with Gasteiger partial charge >= 0.3 is 0 Å². The fraction of sp³-hybridized carbons (Fsp3) is 0.600. The van der Waals surface area contributed by atoms with Crippen LogP contribution in [0.5, 0.6) is 0 Å². The van der Waals surface area contributed by atoms with E-state index in [0.717, 1.165) is 18.3 Å². The van der Waals surface area contributed by atoms with E-state index in [1.807, 2.05) is 18.2 Å². The molecule has 0 aromatic heterocycles. The van der Waals surface area contributed by atoms with E-state index in [0.29, 0.717) is 19.8 Å². The molecule has 0 saturated carbocycles. The summed E-state index contributed by atoms with van der Waals surface area (Å²) in [6.45, 7) is 2.83. The molecule has 0 saturated heterocycles. The lowest BCUT2D eigenvalue weighted by atomic mass is 9.70. The summed E-state index contributed by atoms with van der Waals surface area (Å²) in [6.07, 6.45) is 4.76. The highest BCUT2D eigenvalue weighted by Crippen LogP contribution is 2.01. The highest BCUT2D eigenvalue weighted by molar-refractivity contribution is 9.09. The molecule has 1 aromatic carbocycles. The molecule has 0 aliphatic carbocycles. The van der Waals surface area contributed by atoms with Crippen molar-refractivity contribution in [3.05, 3.63) is 35.9 Å². The fourth-order valence-corrected chi connectivity index (χ4v) is 2.07. The maximum atomic E-state index is 5.54. The summed E-state index contributed by atoms with van der Waals surface area (Å²) < 4.78 is 11.1. The summed E-state index contributed by atoms with van der Waals surface area (Å²) in [7, 11) is 2.31. The van der Waals surface area contributed by atoms with Crippen LogP contribution in [0.15, 0.2) is 30.3 Å². The smallest absolute Gasteiger partial charge is 0.112 e. The number of benzene rings is 1. The van der Waals surface area contributed by atoms with E-state index >= 15 is 0 Å². The minimum absolute atomic E-state index is 0.665. The minimum Gasteiger partial charge on any atom is -0.380 e. The van der Waals surface area contributed by atoms with Gasteiger partial charge < -0.3 is 9.47 Å². The highest BCUT2D eigenvalue weighted by atomic mass is 79.9. The maximum Gasteiger partial charge on any atom is 0.112 e. The molecule has 0 amide bonds. The van der Waals surface area contributed by atoms with Gasteiger partial charge in [0.05, 0.1) is 19.8 Å². The molecule has 0 unspecified atom stereocenters. The van der Waals surface area contributed by atoms with Gasteiger partial charge in [-0.05, 0) is 12.0 Å². The Balaban J connectivity index is 1.79. The van der Waals surface area contributed by atoms with Crippen LogP contribution in [-0.4, -0.2) is 32.4 Å².